The van der Waals surface area contributed by atoms with E-state index in [2.05, 4.69) is 4.98 Å². The molecule has 0 radical (unpaired) electrons. The van der Waals surface area contributed by atoms with Gasteiger partial charge in [-0.2, -0.15) is 0 Å². The van der Waals surface area contributed by atoms with Crippen LogP contribution in [0, 0.1) is 10.1 Å². The summed E-state index contributed by atoms with van der Waals surface area (Å²) in [5.74, 6) is -0.405. The van der Waals surface area contributed by atoms with Crippen LogP contribution in [0.5, 0.6) is 0 Å². The Morgan fingerprint density at radius 3 is 2.84 bits per heavy atom. The average molecular weight is 348 g/mol. The van der Waals surface area contributed by atoms with Gasteiger partial charge >= 0.3 is 0 Å². The van der Waals surface area contributed by atoms with Crippen molar-refractivity contribution in [2.24, 2.45) is 0 Å². The van der Waals surface area contributed by atoms with Crippen LogP contribution in [0.2, 0.25) is 0 Å². The van der Waals surface area contributed by atoms with Crippen molar-refractivity contribution in [1.29, 1.82) is 0 Å². The molecule has 1 atom stereocenters. The largest absolute Gasteiger partial charge is 0.296 e. The van der Waals surface area contributed by atoms with Crippen molar-refractivity contribution in [2.45, 2.75) is 45.1 Å². The molecular weight excluding hydrogens is 328 g/mol. The number of aromatic nitrogens is 2. The Bertz CT molecular complexity index is 833. The highest BCUT2D eigenvalue weighted by Gasteiger charge is 2.13. The SMILES string of the molecule is CC(CCCCCC(=O)NO)n1cnc2cc([N+](=O)[O-])ccc2c1=O. The number of rotatable bonds is 8. The van der Waals surface area contributed by atoms with Crippen LogP contribution in [-0.4, -0.2) is 25.6 Å². The second-order valence-corrected chi connectivity index (χ2v) is 5.90. The van der Waals surface area contributed by atoms with Gasteiger partial charge in [0.25, 0.3) is 11.2 Å². The van der Waals surface area contributed by atoms with E-state index in [0.29, 0.717) is 17.3 Å². The van der Waals surface area contributed by atoms with Crippen LogP contribution in [0.25, 0.3) is 10.9 Å². The second kappa shape index (κ2) is 8.34. The van der Waals surface area contributed by atoms with E-state index in [1.807, 2.05) is 6.92 Å². The first-order valence-corrected chi connectivity index (χ1v) is 8.02. The van der Waals surface area contributed by atoms with E-state index in [1.54, 1.807) is 5.48 Å². The first kappa shape index (κ1) is 18.5. The molecule has 0 aliphatic heterocycles. The number of carbonyl (C=O) groups excluding carboxylic acids is 1. The summed E-state index contributed by atoms with van der Waals surface area (Å²) in [7, 11) is 0. The van der Waals surface area contributed by atoms with Gasteiger partial charge in [0.15, 0.2) is 0 Å². The van der Waals surface area contributed by atoms with E-state index >= 15 is 0 Å². The molecule has 1 amide bonds. The van der Waals surface area contributed by atoms with Crippen LogP contribution < -0.4 is 11.0 Å². The van der Waals surface area contributed by atoms with Gasteiger partial charge in [-0.3, -0.25) is 29.5 Å². The number of hydrogen-bond donors (Lipinski definition) is 2. The fourth-order valence-electron chi connectivity index (χ4n) is 2.65. The monoisotopic (exact) mass is 348 g/mol. The average Bonchev–Trinajstić information content (AvgIpc) is 2.60. The van der Waals surface area contributed by atoms with Crippen molar-refractivity contribution < 1.29 is 14.9 Å². The maximum absolute atomic E-state index is 12.5. The minimum Gasteiger partial charge on any atom is -0.296 e. The summed E-state index contributed by atoms with van der Waals surface area (Å²) in [5.41, 5.74) is 1.57. The highest BCUT2D eigenvalue weighted by molar-refractivity contribution is 5.79. The van der Waals surface area contributed by atoms with E-state index in [0.717, 1.165) is 19.3 Å². The van der Waals surface area contributed by atoms with Crippen LogP contribution >= 0.6 is 0 Å². The maximum Gasteiger partial charge on any atom is 0.271 e. The zero-order valence-corrected chi connectivity index (χ0v) is 13.8. The molecule has 1 aromatic carbocycles. The van der Waals surface area contributed by atoms with E-state index in [4.69, 9.17) is 5.21 Å². The van der Waals surface area contributed by atoms with Gasteiger partial charge in [-0.15, -0.1) is 0 Å². The molecule has 0 aliphatic carbocycles. The summed E-state index contributed by atoms with van der Waals surface area (Å²) in [4.78, 5) is 37.9. The number of amides is 1. The van der Waals surface area contributed by atoms with Crippen LogP contribution in [0.1, 0.15) is 45.1 Å². The lowest BCUT2D eigenvalue weighted by Gasteiger charge is -2.15. The predicted octanol–water partition coefficient (Wildman–Crippen LogP) is 2.32. The molecule has 1 heterocycles. The normalized spacial score (nSPS) is 12.1. The van der Waals surface area contributed by atoms with Crippen LogP contribution in [0.4, 0.5) is 5.69 Å². The lowest BCUT2D eigenvalue weighted by atomic mass is 10.1. The maximum atomic E-state index is 12.5. The molecule has 0 saturated carbocycles. The van der Waals surface area contributed by atoms with E-state index in [-0.39, 0.29) is 23.7 Å². The van der Waals surface area contributed by atoms with Crippen LogP contribution in [0.15, 0.2) is 29.3 Å². The molecule has 9 heteroatoms. The molecule has 0 aliphatic rings. The van der Waals surface area contributed by atoms with Crippen LogP contribution in [-0.2, 0) is 4.79 Å². The molecule has 2 aromatic rings. The molecular formula is C16H20N4O5. The summed E-state index contributed by atoms with van der Waals surface area (Å²) < 4.78 is 1.52. The Kier molecular flexibility index (Phi) is 6.18. The molecule has 0 bridgehead atoms. The fourth-order valence-corrected chi connectivity index (χ4v) is 2.65. The summed E-state index contributed by atoms with van der Waals surface area (Å²) in [6, 6.07) is 3.94. The van der Waals surface area contributed by atoms with Crippen molar-refractivity contribution in [3.05, 3.63) is 45.0 Å². The van der Waals surface area contributed by atoms with Crippen molar-refractivity contribution in [2.75, 3.05) is 0 Å². The second-order valence-electron chi connectivity index (χ2n) is 5.90. The number of unbranched alkanes of at least 4 members (excludes halogenated alkanes) is 2. The molecule has 9 nitrogen and oxygen atoms in total. The third-order valence-corrected chi connectivity index (χ3v) is 4.10. The van der Waals surface area contributed by atoms with Crippen molar-refractivity contribution in [3.8, 4) is 0 Å². The van der Waals surface area contributed by atoms with Crippen molar-refractivity contribution in [3.63, 3.8) is 0 Å². The molecule has 1 unspecified atom stereocenters. The quantitative estimate of drug-likeness (QED) is 0.326. The number of carbonyl (C=O) groups is 1. The van der Waals surface area contributed by atoms with Gasteiger partial charge in [-0.25, -0.2) is 10.5 Å². The molecule has 25 heavy (non-hydrogen) atoms. The Morgan fingerprint density at radius 1 is 1.40 bits per heavy atom. The minimum atomic E-state index is -0.521. The van der Waals surface area contributed by atoms with Gasteiger partial charge in [0.2, 0.25) is 5.91 Å². The molecule has 1 aromatic heterocycles. The molecule has 0 fully saturated rings. The first-order chi connectivity index (χ1) is 11.9. The number of benzene rings is 1. The van der Waals surface area contributed by atoms with E-state index in [1.165, 1.54) is 29.1 Å². The molecule has 0 saturated heterocycles. The summed E-state index contributed by atoms with van der Waals surface area (Å²) in [5, 5.41) is 19.6. The predicted molar refractivity (Wildman–Crippen MR) is 90.4 cm³/mol. The highest BCUT2D eigenvalue weighted by atomic mass is 16.6. The Balaban J connectivity index is 2.04. The number of fused-ring (bicyclic) bond motifs is 1. The van der Waals surface area contributed by atoms with Gasteiger partial charge in [0.05, 0.1) is 22.2 Å². The van der Waals surface area contributed by atoms with E-state index < -0.39 is 10.8 Å². The number of nitrogens with zero attached hydrogens (tertiary/aromatic N) is 3. The number of hydrogen-bond acceptors (Lipinski definition) is 6. The van der Waals surface area contributed by atoms with Gasteiger partial charge in [0.1, 0.15) is 0 Å². The topological polar surface area (TPSA) is 127 Å². The standard InChI is InChI=1S/C16H20N4O5/c1-11(5-3-2-4-6-15(21)18-23)19-10-17-14-9-12(20(24)25)7-8-13(14)16(19)22/h7-11,23H,2-6H2,1H3,(H,18,21). The lowest BCUT2D eigenvalue weighted by molar-refractivity contribution is -0.384. The minimum absolute atomic E-state index is 0.0775. The number of nitro benzene ring substituents is 1. The lowest BCUT2D eigenvalue weighted by Crippen LogP contribution is -2.23. The van der Waals surface area contributed by atoms with Gasteiger partial charge in [0, 0.05) is 24.6 Å². The zero-order chi connectivity index (χ0) is 18.4. The third-order valence-electron chi connectivity index (χ3n) is 4.10. The van der Waals surface area contributed by atoms with Crippen molar-refractivity contribution in [1.82, 2.24) is 15.0 Å². The first-order valence-electron chi connectivity index (χ1n) is 8.02. The fraction of sp³-hybridized carbons (Fsp3) is 0.438. The smallest absolute Gasteiger partial charge is 0.271 e. The molecule has 2 rings (SSSR count). The molecule has 2 N–H and O–H groups in total. The summed E-state index contributed by atoms with van der Waals surface area (Å²) >= 11 is 0. The number of hydroxylamine groups is 1. The number of nitro groups is 1. The van der Waals surface area contributed by atoms with Crippen LogP contribution in [0.3, 0.4) is 0 Å². The third kappa shape index (κ3) is 4.60. The number of non-ortho nitro benzene ring substituents is 1. The van der Waals surface area contributed by atoms with Gasteiger partial charge in [-0.1, -0.05) is 12.8 Å². The Morgan fingerprint density at radius 2 is 2.16 bits per heavy atom. The summed E-state index contributed by atoms with van der Waals surface area (Å²) in [6.07, 6.45) is 4.71. The summed E-state index contributed by atoms with van der Waals surface area (Å²) in [6.45, 7) is 1.90. The van der Waals surface area contributed by atoms with E-state index in [9.17, 15) is 19.7 Å². The molecule has 134 valence electrons. The zero-order valence-electron chi connectivity index (χ0n) is 13.8. The Labute approximate surface area is 143 Å². The Hall–Kier alpha value is -2.81. The molecule has 0 spiro atoms. The van der Waals surface area contributed by atoms with Crippen molar-refractivity contribution >= 4 is 22.5 Å². The van der Waals surface area contributed by atoms with Gasteiger partial charge < -0.3 is 0 Å². The highest BCUT2D eigenvalue weighted by Crippen LogP contribution is 2.18. The van der Waals surface area contributed by atoms with Gasteiger partial charge in [-0.05, 0) is 25.8 Å². The number of nitrogens with one attached hydrogen (secondary N) is 1.